The minimum Gasteiger partial charge on any atom is -0.451 e. The summed E-state index contributed by atoms with van der Waals surface area (Å²) < 4.78 is 5.24. The van der Waals surface area contributed by atoms with E-state index < -0.39 is 5.97 Å². The number of nitrogens with one attached hydrogen (secondary N) is 1. The number of aryl methyl sites for hydroxylation is 2. The van der Waals surface area contributed by atoms with Crippen LogP contribution in [0, 0.1) is 13.8 Å². The number of carbonyl (C=O) groups is 2. The van der Waals surface area contributed by atoms with E-state index in [1.807, 2.05) is 68.4 Å². The molecule has 6 heteroatoms. The van der Waals surface area contributed by atoms with E-state index in [0.717, 1.165) is 22.6 Å². The summed E-state index contributed by atoms with van der Waals surface area (Å²) in [7, 11) is 0. The molecular formula is C23H24N2O3S. The van der Waals surface area contributed by atoms with Crippen LogP contribution < -0.4 is 5.32 Å². The van der Waals surface area contributed by atoms with Gasteiger partial charge < -0.3 is 10.1 Å². The van der Waals surface area contributed by atoms with Crippen molar-refractivity contribution >= 4 is 23.2 Å². The number of hydrogen-bond donors (Lipinski definition) is 1. The molecule has 1 atom stereocenters. The van der Waals surface area contributed by atoms with Gasteiger partial charge in [0, 0.05) is 5.56 Å². The van der Waals surface area contributed by atoms with Crippen LogP contribution in [0.4, 0.5) is 0 Å². The Hall–Kier alpha value is -2.99. The molecule has 0 aliphatic carbocycles. The molecule has 3 rings (SSSR count). The van der Waals surface area contributed by atoms with Crippen LogP contribution in [0.5, 0.6) is 0 Å². The van der Waals surface area contributed by atoms with Crippen LogP contribution >= 0.6 is 11.3 Å². The number of ether oxygens (including phenoxy) is 1. The highest BCUT2D eigenvalue weighted by Crippen LogP contribution is 2.28. The summed E-state index contributed by atoms with van der Waals surface area (Å²) in [6, 6.07) is 17.6. The summed E-state index contributed by atoms with van der Waals surface area (Å²) in [4.78, 5) is 29.6. The summed E-state index contributed by atoms with van der Waals surface area (Å²) >= 11 is 1.27. The lowest BCUT2D eigenvalue weighted by Crippen LogP contribution is -2.32. The molecule has 0 saturated carbocycles. The van der Waals surface area contributed by atoms with Gasteiger partial charge in [-0.05, 0) is 25.8 Å². The predicted octanol–water partition coefficient (Wildman–Crippen LogP) is 4.85. The Labute approximate surface area is 174 Å². The summed E-state index contributed by atoms with van der Waals surface area (Å²) in [5.41, 5.74) is 3.74. The predicted molar refractivity (Wildman–Crippen MR) is 115 cm³/mol. The SMILES string of the molecule is CC[C@@H](NC(=O)COC(=O)c1sc(-c2ccccc2)nc1C)c1ccc(C)cc1. The van der Waals surface area contributed by atoms with Crippen LogP contribution in [-0.4, -0.2) is 23.5 Å². The van der Waals surface area contributed by atoms with Crippen LogP contribution in [0.2, 0.25) is 0 Å². The average Bonchev–Trinajstić information content (AvgIpc) is 3.13. The van der Waals surface area contributed by atoms with Crippen molar-refractivity contribution < 1.29 is 14.3 Å². The Morgan fingerprint density at radius 1 is 1.07 bits per heavy atom. The fraction of sp³-hybridized carbons (Fsp3) is 0.261. The monoisotopic (exact) mass is 408 g/mol. The molecule has 29 heavy (non-hydrogen) atoms. The molecule has 3 aromatic rings. The Bertz CT molecular complexity index is 981. The molecule has 0 aliphatic heterocycles. The van der Waals surface area contributed by atoms with E-state index in [1.54, 1.807) is 6.92 Å². The average molecular weight is 409 g/mol. The third kappa shape index (κ3) is 5.29. The third-order valence-corrected chi connectivity index (χ3v) is 5.75. The van der Waals surface area contributed by atoms with Crippen molar-refractivity contribution in [2.24, 2.45) is 0 Å². The lowest BCUT2D eigenvalue weighted by atomic mass is 10.0. The normalized spacial score (nSPS) is 11.7. The third-order valence-electron chi connectivity index (χ3n) is 4.56. The van der Waals surface area contributed by atoms with Gasteiger partial charge >= 0.3 is 5.97 Å². The topological polar surface area (TPSA) is 68.3 Å². The highest BCUT2D eigenvalue weighted by molar-refractivity contribution is 7.17. The molecule has 2 aromatic carbocycles. The van der Waals surface area contributed by atoms with Crippen molar-refractivity contribution in [2.45, 2.75) is 33.2 Å². The zero-order chi connectivity index (χ0) is 20.8. The number of thiazole rings is 1. The van der Waals surface area contributed by atoms with Crippen LogP contribution in [0.25, 0.3) is 10.6 Å². The Kier molecular flexibility index (Phi) is 6.77. The van der Waals surface area contributed by atoms with Gasteiger partial charge in [0.15, 0.2) is 6.61 Å². The molecule has 150 valence electrons. The summed E-state index contributed by atoms with van der Waals surface area (Å²) in [6.07, 6.45) is 0.747. The molecule has 0 aliphatic rings. The van der Waals surface area contributed by atoms with Gasteiger partial charge in [-0.2, -0.15) is 0 Å². The lowest BCUT2D eigenvalue weighted by Gasteiger charge is -2.17. The first-order valence-electron chi connectivity index (χ1n) is 9.53. The zero-order valence-electron chi connectivity index (χ0n) is 16.8. The van der Waals surface area contributed by atoms with Crippen molar-refractivity contribution in [3.05, 3.63) is 76.3 Å². The van der Waals surface area contributed by atoms with E-state index in [-0.39, 0.29) is 18.6 Å². The van der Waals surface area contributed by atoms with E-state index in [9.17, 15) is 9.59 Å². The van der Waals surface area contributed by atoms with Gasteiger partial charge in [0.25, 0.3) is 5.91 Å². The number of carbonyl (C=O) groups excluding carboxylic acids is 2. The van der Waals surface area contributed by atoms with Crippen LogP contribution in [0.15, 0.2) is 54.6 Å². The summed E-state index contributed by atoms with van der Waals surface area (Å²) in [6.45, 7) is 5.47. The quantitative estimate of drug-likeness (QED) is 0.568. The fourth-order valence-corrected chi connectivity index (χ4v) is 3.91. The first-order chi connectivity index (χ1) is 14.0. The Balaban J connectivity index is 1.59. The maximum absolute atomic E-state index is 12.4. The van der Waals surface area contributed by atoms with Crippen molar-refractivity contribution in [1.82, 2.24) is 10.3 Å². The zero-order valence-corrected chi connectivity index (χ0v) is 17.6. The van der Waals surface area contributed by atoms with Gasteiger partial charge in [-0.1, -0.05) is 67.1 Å². The van der Waals surface area contributed by atoms with Crippen LogP contribution in [0.1, 0.15) is 45.9 Å². The molecule has 0 saturated heterocycles. The summed E-state index contributed by atoms with van der Waals surface area (Å²) in [5.74, 6) is -0.850. The maximum Gasteiger partial charge on any atom is 0.350 e. The van der Waals surface area contributed by atoms with Gasteiger partial charge in [-0.25, -0.2) is 9.78 Å². The van der Waals surface area contributed by atoms with Crippen molar-refractivity contribution in [2.75, 3.05) is 6.61 Å². The Morgan fingerprint density at radius 2 is 1.76 bits per heavy atom. The minimum atomic E-state index is -0.527. The van der Waals surface area contributed by atoms with Crippen LogP contribution in [-0.2, 0) is 9.53 Å². The first kappa shape index (κ1) is 20.7. The van der Waals surface area contributed by atoms with E-state index in [4.69, 9.17) is 4.74 Å². The molecule has 1 amide bonds. The van der Waals surface area contributed by atoms with Gasteiger partial charge in [-0.15, -0.1) is 11.3 Å². The first-order valence-corrected chi connectivity index (χ1v) is 10.4. The van der Waals surface area contributed by atoms with E-state index >= 15 is 0 Å². The molecule has 0 fully saturated rings. The lowest BCUT2D eigenvalue weighted by molar-refractivity contribution is -0.125. The largest absolute Gasteiger partial charge is 0.451 e. The number of nitrogens with zero attached hydrogens (tertiary/aromatic N) is 1. The number of amides is 1. The number of hydrogen-bond acceptors (Lipinski definition) is 5. The molecule has 0 spiro atoms. The summed E-state index contributed by atoms with van der Waals surface area (Å²) in [5, 5.41) is 3.68. The van der Waals surface area contributed by atoms with Gasteiger partial charge in [0.1, 0.15) is 9.88 Å². The molecule has 0 unspecified atom stereocenters. The molecule has 1 N–H and O–H groups in total. The van der Waals surface area contributed by atoms with Gasteiger partial charge in [0.2, 0.25) is 0 Å². The number of esters is 1. The van der Waals surface area contributed by atoms with Crippen molar-refractivity contribution in [3.63, 3.8) is 0 Å². The minimum absolute atomic E-state index is 0.114. The molecule has 1 aromatic heterocycles. The fourth-order valence-electron chi connectivity index (χ4n) is 2.94. The number of benzene rings is 2. The highest BCUT2D eigenvalue weighted by atomic mass is 32.1. The molecule has 0 radical (unpaired) electrons. The molecule has 0 bridgehead atoms. The maximum atomic E-state index is 12.4. The smallest absolute Gasteiger partial charge is 0.350 e. The highest BCUT2D eigenvalue weighted by Gasteiger charge is 2.19. The standard InChI is InChI=1S/C23H24N2O3S/c1-4-19(17-12-10-15(2)11-13-17)25-20(26)14-28-23(27)21-16(3)24-22(29-21)18-8-6-5-7-9-18/h5-13,19H,4,14H2,1-3H3,(H,25,26)/t19-/m1/s1. The van der Waals surface area contributed by atoms with E-state index in [2.05, 4.69) is 10.3 Å². The van der Waals surface area contributed by atoms with Gasteiger partial charge in [-0.3, -0.25) is 4.79 Å². The van der Waals surface area contributed by atoms with E-state index in [1.165, 1.54) is 16.9 Å². The van der Waals surface area contributed by atoms with Crippen LogP contribution in [0.3, 0.4) is 0 Å². The number of rotatable bonds is 7. The van der Waals surface area contributed by atoms with E-state index in [0.29, 0.717) is 10.6 Å². The second-order valence-electron chi connectivity index (χ2n) is 6.81. The second kappa shape index (κ2) is 9.47. The van der Waals surface area contributed by atoms with Gasteiger partial charge in [0.05, 0.1) is 11.7 Å². The number of aromatic nitrogens is 1. The Morgan fingerprint density at radius 3 is 2.41 bits per heavy atom. The van der Waals surface area contributed by atoms with Crippen molar-refractivity contribution in [1.29, 1.82) is 0 Å². The second-order valence-corrected chi connectivity index (χ2v) is 7.81. The molecular weight excluding hydrogens is 384 g/mol. The van der Waals surface area contributed by atoms with Crippen molar-refractivity contribution in [3.8, 4) is 10.6 Å². The molecule has 1 heterocycles. The molecule has 5 nitrogen and oxygen atoms in total.